The Morgan fingerprint density at radius 1 is 1.30 bits per heavy atom. The first-order valence-corrected chi connectivity index (χ1v) is 7.88. The predicted molar refractivity (Wildman–Crippen MR) is 81.1 cm³/mol. The summed E-state index contributed by atoms with van der Waals surface area (Å²) >= 11 is 0. The second-order valence-electron chi connectivity index (χ2n) is 7.40. The quantitative estimate of drug-likeness (QED) is 0.828. The van der Waals surface area contributed by atoms with Gasteiger partial charge in [0.25, 0.3) is 0 Å². The highest BCUT2D eigenvalue weighted by atomic mass is 16.1. The Morgan fingerprint density at radius 2 is 2.10 bits per heavy atom. The highest BCUT2D eigenvalue weighted by molar-refractivity contribution is 5.98. The lowest BCUT2D eigenvalue weighted by atomic mass is 9.76. The fourth-order valence-electron chi connectivity index (χ4n) is 3.77. The average molecular weight is 274 g/mol. The van der Waals surface area contributed by atoms with E-state index in [0.717, 1.165) is 18.5 Å². The largest absolute Gasteiger partial charge is 0.349 e. The van der Waals surface area contributed by atoms with E-state index in [2.05, 4.69) is 36.6 Å². The molecule has 1 unspecified atom stereocenters. The normalized spacial score (nSPS) is 26.6. The zero-order valence-electron chi connectivity index (χ0n) is 13.0. The molecular weight excluding hydrogens is 248 g/mol. The first-order chi connectivity index (χ1) is 9.46. The molecule has 0 bridgehead atoms. The molecule has 0 radical (unpaired) electrons. The van der Waals surface area contributed by atoms with E-state index in [1.807, 2.05) is 6.07 Å². The third-order valence-electron chi connectivity index (χ3n) is 4.99. The molecule has 0 aromatic carbocycles. The third kappa shape index (κ3) is 2.56. The molecule has 3 rings (SSSR count). The number of rotatable bonds is 2. The van der Waals surface area contributed by atoms with Gasteiger partial charge in [-0.3, -0.25) is 4.79 Å². The Balaban J connectivity index is 1.83. The fraction of sp³-hybridized carbons (Fsp3) is 0.706. The van der Waals surface area contributed by atoms with E-state index in [0.29, 0.717) is 18.2 Å². The van der Waals surface area contributed by atoms with E-state index in [1.54, 1.807) is 0 Å². The molecule has 110 valence electrons. The summed E-state index contributed by atoms with van der Waals surface area (Å²) in [6.07, 6.45) is 7.78. The van der Waals surface area contributed by atoms with Crippen LogP contribution < -0.4 is 0 Å². The van der Waals surface area contributed by atoms with Crippen LogP contribution in [0.1, 0.15) is 55.6 Å². The molecule has 1 atom stereocenters. The number of aromatic nitrogens is 1. The Labute approximate surface area is 122 Å². The van der Waals surface area contributed by atoms with Crippen molar-refractivity contribution in [2.75, 3.05) is 13.6 Å². The van der Waals surface area contributed by atoms with Gasteiger partial charge >= 0.3 is 0 Å². The van der Waals surface area contributed by atoms with Crippen molar-refractivity contribution in [1.29, 1.82) is 0 Å². The van der Waals surface area contributed by atoms with Crippen LogP contribution >= 0.6 is 0 Å². The van der Waals surface area contributed by atoms with Gasteiger partial charge in [-0.2, -0.15) is 0 Å². The van der Waals surface area contributed by atoms with E-state index >= 15 is 0 Å². The molecule has 1 saturated heterocycles. The lowest BCUT2D eigenvalue weighted by Crippen LogP contribution is -2.39. The van der Waals surface area contributed by atoms with Gasteiger partial charge in [0.05, 0.1) is 0 Å². The van der Waals surface area contributed by atoms with Gasteiger partial charge in [0.15, 0.2) is 5.78 Å². The summed E-state index contributed by atoms with van der Waals surface area (Å²) in [6, 6.07) is 2.66. The van der Waals surface area contributed by atoms with Gasteiger partial charge < -0.3 is 9.47 Å². The summed E-state index contributed by atoms with van der Waals surface area (Å²) in [5.74, 6) is 0.326. The number of Topliss-reactive ketones (excluding diaryl/α,β-unsaturated/α-hetero) is 1. The van der Waals surface area contributed by atoms with Crippen molar-refractivity contribution in [1.82, 2.24) is 9.47 Å². The molecule has 1 aromatic rings. The Bertz CT molecular complexity index is 515. The zero-order valence-corrected chi connectivity index (χ0v) is 13.0. The van der Waals surface area contributed by atoms with Gasteiger partial charge in [0.2, 0.25) is 0 Å². The van der Waals surface area contributed by atoms with Gasteiger partial charge in [-0.25, -0.2) is 0 Å². The Hall–Kier alpha value is -1.09. The molecule has 1 aromatic heterocycles. The van der Waals surface area contributed by atoms with Crippen LogP contribution in [0.2, 0.25) is 0 Å². The van der Waals surface area contributed by atoms with Gasteiger partial charge in [0.1, 0.15) is 0 Å². The molecule has 0 N–H and O–H groups in total. The minimum atomic E-state index is 0.110. The van der Waals surface area contributed by atoms with Crippen molar-refractivity contribution < 1.29 is 4.79 Å². The van der Waals surface area contributed by atoms with E-state index < -0.39 is 0 Å². The van der Waals surface area contributed by atoms with E-state index in [-0.39, 0.29) is 5.41 Å². The maximum Gasteiger partial charge on any atom is 0.165 e. The number of nitrogens with zero attached hydrogens (tertiary/aromatic N) is 2. The number of likely N-dealkylation sites (tertiary alicyclic amines) is 1. The van der Waals surface area contributed by atoms with E-state index in [4.69, 9.17) is 0 Å². The number of ketones is 1. The number of carbonyl (C=O) groups is 1. The van der Waals surface area contributed by atoms with E-state index in [1.165, 1.54) is 31.5 Å². The van der Waals surface area contributed by atoms with Crippen molar-refractivity contribution in [2.45, 2.75) is 58.5 Å². The molecule has 1 aliphatic carbocycles. The van der Waals surface area contributed by atoms with Gasteiger partial charge in [-0.15, -0.1) is 0 Å². The minimum Gasteiger partial charge on any atom is -0.349 e. The smallest absolute Gasteiger partial charge is 0.165 e. The molecular formula is C17H26N2O. The zero-order chi connectivity index (χ0) is 14.3. The van der Waals surface area contributed by atoms with Crippen LogP contribution in [-0.4, -0.2) is 34.9 Å². The van der Waals surface area contributed by atoms with Crippen LogP contribution in [0.15, 0.2) is 12.3 Å². The first-order valence-electron chi connectivity index (χ1n) is 7.88. The Morgan fingerprint density at radius 3 is 2.85 bits per heavy atom. The lowest BCUT2D eigenvalue weighted by Gasteiger charge is -2.34. The summed E-state index contributed by atoms with van der Waals surface area (Å²) < 4.78 is 2.35. The predicted octanol–water partition coefficient (Wildman–Crippen LogP) is 3.13. The Kier molecular flexibility index (Phi) is 3.49. The van der Waals surface area contributed by atoms with Crippen LogP contribution in [0.25, 0.3) is 0 Å². The van der Waals surface area contributed by atoms with Crippen molar-refractivity contribution in [3.05, 3.63) is 23.5 Å². The minimum absolute atomic E-state index is 0.110. The van der Waals surface area contributed by atoms with Gasteiger partial charge in [0, 0.05) is 36.5 Å². The second-order valence-corrected chi connectivity index (χ2v) is 7.40. The molecule has 0 amide bonds. The van der Waals surface area contributed by atoms with E-state index in [9.17, 15) is 4.79 Å². The van der Waals surface area contributed by atoms with Crippen molar-refractivity contribution in [3.8, 4) is 0 Å². The van der Waals surface area contributed by atoms with Gasteiger partial charge in [-0.05, 0) is 44.3 Å². The first kappa shape index (κ1) is 13.9. The molecule has 2 aliphatic rings. The monoisotopic (exact) mass is 274 g/mol. The standard InChI is InChI=1S/C17H26N2O/c1-17(2)10-15-14(16(20)11-17)7-9-19(15)12-13-6-4-5-8-18(13)3/h7,9,13H,4-6,8,10-12H2,1-3H3. The van der Waals surface area contributed by atoms with Crippen LogP contribution in [0, 0.1) is 5.41 Å². The highest BCUT2D eigenvalue weighted by Gasteiger charge is 2.33. The van der Waals surface area contributed by atoms with Crippen LogP contribution in [0.3, 0.4) is 0 Å². The lowest BCUT2D eigenvalue weighted by molar-refractivity contribution is 0.0908. The number of hydrogen-bond donors (Lipinski definition) is 0. The molecule has 2 heterocycles. The summed E-state index contributed by atoms with van der Waals surface area (Å²) in [4.78, 5) is 14.7. The van der Waals surface area contributed by atoms with Crippen LogP contribution in [0.5, 0.6) is 0 Å². The number of carbonyl (C=O) groups excluding carboxylic acids is 1. The van der Waals surface area contributed by atoms with Crippen molar-refractivity contribution >= 4 is 5.78 Å². The summed E-state index contributed by atoms with van der Waals surface area (Å²) in [6.45, 7) is 6.66. The average Bonchev–Trinajstić information content (AvgIpc) is 2.74. The number of piperidine rings is 1. The van der Waals surface area contributed by atoms with Crippen LogP contribution in [-0.2, 0) is 13.0 Å². The molecule has 0 spiro atoms. The number of hydrogen-bond acceptors (Lipinski definition) is 2. The maximum absolute atomic E-state index is 12.2. The summed E-state index contributed by atoms with van der Waals surface area (Å²) in [5.41, 5.74) is 2.35. The van der Waals surface area contributed by atoms with Crippen molar-refractivity contribution in [2.24, 2.45) is 5.41 Å². The summed E-state index contributed by atoms with van der Waals surface area (Å²) in [5, 5.41) is 0. The molecule has 3 heteroatoms. The molecule has 0 saturated carbocycles. The fourth-order valence-corrected chi connectivity index (χ4v) is 3.77. The molecule has 1 fully saturated rings. The number of likely N-dealkylation sites (N-methyl/N-ethyl adjacent to an activating group) is 1. The van der Waals surface area contributed by atoms with Crippen LogP contribution in [0.4, 0.5) is 0 Å². The van der Waals surface area contributed by atoms with Gasteiger partial charge in [-0.1, -0.05) is 20.3 Å². The molecule has 1 aliphatic heterocycles. The number of fused-ring (bicyclic) bond motifs is 1. The SMILES string of the molecule is CN1CCCCC1Cn1ccc2c1CC(C)(C)CC2=O. The molecule has 3 nitrogen and oxygen atoms in total. The maximum atomic E-state index is 12.2. The third-order valence-corrected chi connectivity index (χ3v) is 4.99. The summed E-state index contributed by atoms with van der Waals surface area (Å²) in [7, 11) is 2.23. The second kappa shape index (κ2) is 5.03. The molecule has 20 heavy (non-hydrogen) atoms. The van der Waals surface area contributed by atoms with Crippen molar-refractivity contribution in [3.63, 3.8) is 0 Å². The topological polar surface area (TPSA) is 25.2 Å². The highest BCUT2D eigenvalue weighted by Crippen LogP contribution is 2.35.